The summed E-state index contributed by atoms with van der Waals surface area (Å²) < 4.78 is 20.4. The maximum Gasteiger partial charge on any atom is 0.275 e. The van der Waals surface area contributed by atoms with Crippen LogP contribution in [0.3, 0.4) is 0 Å². The lowest BCUT2D eigenvalue weighted by Gasteiger charge is -2.06. The van der Waals surface area contributed by atoms with Crippen molar-refractivity contribution in [1.29, 1.82) is 0 Å². The molecule has 3 N–H and O–H groups in total. The van der Waals surface area contributed by atoms with Gasteiger partial charge in [0.05, 0.1) is 6.61 Å². The summed E-state index contributed by atoms with van der Waals surface area (Å²) in [6.07, 6.45) is 3.59. The Morgan fingerprint density at radius 3 is 3.00 bits per heavy atom. The zero-order chi connectivity index (χ0) is 14.8. The predicted octanol–water partition coefficient (Wildman–Crippen LogP) is 2.96. The Bertz CT molecular complexity index is 667. The lowest BCUT2D eigenvalue weighted by atomic mass is 10.1. The number of amides is 1. The van der Waals surface area contributed by atoms with E-state index >= 15 is 0 Å². The number of carbonyl (C=O) groups excluding carboxylic acids is 1. The molecule has 0 spiro atoms. The SMILES string of the molecule is NNC(=O)c1sc2cccc(F)c2c1COCCC1CC1. The molecule has 0 aliphatic heterocycles. The van der Waals surface area contributed by atoms with E-state index in [1.54, 1.807) is 12.1 Å². The number of thiophene rings is 1. The fourth-order valence-corrected chi connectivity index (χ4v) is 3.51. The van der Waals surface area contributed by atoms with E-state index in [1.165, 1.54) is 30.2 Å². The van der Waals surface area contributed by atoms with Crippen LogP contribution in [0.25, 0.3) is 10.1 Å². The Kier molecular flexibility index (Phi) is 4.19. The van der Waals surface area contributed by atoms with Gasteiger partial charge in [-0.05, 0) is 24.5 Å². The number of carbonyl (C=O) groups is 1. The number of nitrogens with one attached hydrogen (secondary N) is 1. The highest BCUT2D eigenvalue weighted by molar-refractivity contribution is 7.21. The minimum absolute atomic E-state index is 0.233. The van der Waals surface area contributed by atoms with E-state index in [2.05, 4.69) is 5.43 Å². The van der Waals surface area contributed by atoms with Crippen molar-refractivity contribution in [1.82, 2.24) is 5.43 Å². The Balaban J connectivity index is 1.86. The van der Waals surface area contributed by atoms with Gasteiger partial charge in [-0.3, -0.25) is 10.2 Å². The second-order valence-electron chi connectivity index (χ2n) is 5.28. The smallest absolute Gasteiger partial charge is 0.275 e. The molecule has 112 valence electrons. The first-order chi connectivity index (χ1) is 10.2. The Morgan fingerprint density at radius 1 is 1.48 bits per heavy atom. The third kappa shape index (κ3) is 3.07. The number of hydrogen-bond donors (Lipinski definition) is 2. The maximum atomic E-state index is 14.1. The summed E-state index contributed by atoms with van der Waals surface area (Å²) in [4.78, 5) is 12.3. The molecular weight excluding hydrogens is 291 g/mol. The van der Waals surface area contributed by atoms with E-state index in [-0.39, 0.29) is 12.4 Å². The van der Waals surface area contributed by atoms with E-state index in [0.717, 1.165) is 17.0 Å². The van der Waals surface area contributed by atoms with Crippen molar-refractivity contribution in [2.24, 2.45) is 11.8 Å². The van der Waals surface area contributed by atoms with E-state index < -0.39 is 5.91 Å². The molecule has 1 saturated carbocycles. The minimum atomic E-state index is -0.406. The van der Waals surface area contributed by atoms with Gasteiger partial charge < -0.3 is 4.74 Å². The summed E-state index contributed by atoms with van der Waals surface area (Å²) >= 11 is 1.24. The molecule has 1 aromatic heterocycles. The summed E-state index contributed by atoms with van der Waals surface area (Å²) in [5.41, 5.74) is 2.70. The van der Waals surface area contributed by atoms with E-state index in [1.807, 2.05) is 0 Å². The van der Waals surface area contributed by atoms with Crippen LogP contribution in [0.5, 0.6) is 0 Å². The molecule has 4 nitrogen and oxygen atoms in total. The summed E-state index contributed by atoms with van der Waals surface area (Å²) in [7, 11) is 0. The van der Waals surface area contributed by atoms with Crippen molar-refractivity contribution in [2.75, 3.05) is 6.61 Å². The highest BCUT2D eigenvalue weighted by atomic mass is 32.1. The van der Waals surface area contributed by atoms with E-state index in [0.29, 0.717) is 22.4 Å². The molecule has 6 heteroatoms. The van der Waals surface area contributed by atoms with Crippen molar-refractivity contribution in [3.63, 3.8) is 0 Å². The van der Waals surface area contributed by atoms with Crippen LogP contribution in [0, 0.1) is 11.7 Å². The van der Waals surface area contributed by atoms with Gasteiger partial charge in [-0.15, -0.1) is 11.3 Å². The first-order valence-electron chi connectivity index (χ1n) is 6.99. The number of benzene rings is 1. The predicted molar refractivity (Wildman–Crippen MR) is 80.4 cm³/mol. The number of fused-ring (bicyclic) bond motifs is 1. The second kappa shape index (κ2) is 6.09. The van der Waals surface area contributed by atoms with Gasteiger partial charge in [0.1, 0.15) is 10.7 Å². The molecule has 0 atom stereocenters. The Morgan fingerprint density at radius 2 is 2.29 bits per heavy atom. The fourth-order valence-electron chi connectivity index (χ4n) is 2.38. The van der Waals surface area contributed by atoms with Crippen LogP contribution < -0.4 is 11.3 Å². The van der Waals surface area contributed by atoms with Crippen molar-refractivity contribution in [3.05, 3.63) is 34.5 Å². The van der Waals surface area contributed by atoms with Crippen molar-refractivity contribution >= 4 is 27.3 Å². The van der Waals surface area contributed by atoms with Gasteiger partial charge in [0, 0.05) is 22.3 Å². The molecule has 0 bridgehead atoms. The van der Waals surface area contributed by atoms with Gasteiger partial charge in [-0.1, -0.05) is 18.9 Å². The number of hydrazine groups is 1. The number of nitrogen functional groups attached to an aromatic ring is 1. The maximum absolute atomic E-state index is 14.1. The molecule has 1 aliphatic carbocycles. The van der Waals surface area contributed by atoms with Gasteiger partial charge in [0.25, 0.3) is 5.91 Å². The quantitative estimate of drug-likeness (QED) is 0.373. The number of hydrogen-bond acceptors (Lipinski definition) is 4. The highest BCUT2D eigenvalue weighted by Gasteiger charge is 2.22. The third-order valence-electron chi connectivity index (χ3n) is 3.71. The Labute approximate surface area is 126 Å². The molecule has 1 fully saturated rings. The molecule has 0 radical (unpaired) electrons. The average Bonchev–Trinajstić information content (AvgIpc) is 3.23. The van der Waals surface area contributed by atoms with Crippen LogP contribution in [0.4, 0.5) is 4.39 Å². The zero-order valence-corrected chi connectivity index (χ0v) is 12.3. The monoisotopic (exact) mass is 308 g/mol. The van der Waals surface area contributed by atoms with Crippen LogP contribution in [0.2, 0.25) is 0 Å². The van der Waals surface area contributed by atoms with Crippen LogP contribution in [-0.2, 0) is 11.3 Å². The summed E-state index contributed by atoms with van der Waals surface area (Å²) in [5, 5.41) is 0.465. The summed E-state index contributed by atoms with van der Waals surface area (Å²) in [6, 6.07) is 4.83. The number of nitrogens with two attached hydrogens (primary N) is 1. The molecule has 21 heavy (non-hydrogen) atoms. The van der Waals surface area contributed by atoms with Gasteiger partial charge >= 0.3 is 0 Å². The normalized spacial score (nSPS) is 14.6. The van der Waals surface area contributed by atoms with Crippen LogP contribution in [0.15, 0.2) is 18.2 Å². The van der Waals surface area contributed by atoms with Crippen molar-refractivity contribution in [2.45, 2.75) is 25.9 Å². The molecule has 2 aromatic rings. The largest absolute Gasteiger partial charge is 0.377 e. The minimum Gasteiger partial charge on any atom is -0.377 e. The van der Waals surface area contributed by atoms with Gasteiger partial charge in [0.15, 0.2) is 0 Å². The molecule has 0 unspecified atom stereocenters. The zero-order valence-electron chi connectivity index (χ0n) is 11.5. The number of halogens is 1. The lowest BCUT2D eigenvalue weighted by Crippen LogP contribution is -2.30. The molecule has 1 amide bonds. The fraction of sp³-hybridized carbons (Fsp3) is 0.400. The van der Waals surface area contributed by atoms with Crippen molar-refractivity contribution in [3.8, 4) is 0 Å². The molecule has 3 rings (SSSR count). The van der Waals surface area contributed by atoms with Crippen molar-refractivity contribution < 1.29 is 13.9 Å². The summed E-state index contributed by atoms with van der Waals surface area (Å²) in [6.45, 7) is 0.872. The lowest BCUT2D eigenvalue weighted by molar-refractivity contribution is 0.0942. The molecule has 1 heterocycles. The molecule has 0 saturated heterocycles. The first-order valence-corrected chi connectivity index (χ1v) is 7.81. The second-order valence-corrected chi connectivity index (χ2v) is 6.33. The standard InChI is InChI=1S/C15H17FN2O2S/c16-11-2-1-3-12-13(11)10(14(21-12)15(19)18-17)8-20-7-6-9-4-5-9/h1-3,9H,4-8,17H2,(H,18,19). The van der Waals surface area contributed by atoms with Crippen LogP contribution in [0.1, 0.15) is 34.5 Å². The first kappa shape index (κ1) is 14.4. The third-order valence-corrected chi connectivity index (χ3v) is 4.91. The molecule has 1 aromatic carbocycles. The van der Waals surface area contributed by atoms with Crippen LogP contribution in [-0.4, -0.2) is 12.5 Å². The summed E-state index contributed by atoms with van der Waals surface area (Å²) in [5.74, 6) is 5.25. The molecular formula is C15H17FN2O2S. The van der Waals surface area contributed by atoms with Gasteiger partial charge in [0.2, 0.25) is 0 Å². The highest BCUT2D eigenvalue weighted by Crippen LogP contribution is 2.35. The van der Waals surface area contributed by atoms with Gasteiger partial charge in [-0.2, -0.15) is 0 Å². The molecule has 1 aliphatic rings. The Hall–Kier alpha value is -1.50. The topological polar surface area (TPSA) is 64.3 Å². The van der Waals surface area contributed by atoms with Crippen LogP contribution >= 0.6 is 11.3 Å². The van der Waals surface area contributed by atoms with Gasteiger partial charge in [-0.25, -0.2) is 10.2 Å². The van der Waals surface area contributed by atoms with E-state index in [4.69, 9.17) is 10.6 Å². The van der Waals surface area contributed by atoms with E-state index in [9.17, 15) is 9.18 Å². The number of rotatable bonds is 6. The number of ether oxygens (including phenoxy) is 1. The average molecular weight is 308 g/mol.